The van der Waals surface area contributed by atoms with Gasteiger partial charge in [-0.1, -0.05) is 18.2 Å². The lowest BCUT2D eigenvalue weighted by Crippen LogP contribution is -2.48. The van der Waals surface area contributed by atoms with Gasteiger partial charge in [0.1, 0.15) is 0 Å². The van der Waals surface area contributed by atoms with Gasteiger partial charge in [0.2, 0.25) is 5.91 Å². The number of hydrogen-bond donors (Lipinski definition) is 2. The van der Waals surface area contributed by atoms with Crippen LogP contribution in [0.4, 0.5) is 5.69 Å². The smallest absolute Gasteiger partial charge is 0.227 e. The molecule has 0 bridgehead atoms. The van der Waals surface area contributed by atoms with Crippen LogP contribution in [-0.4, -0.2) is 39.1 Å². The fourth-order valence-corrected chi connectivity index (χ4v) is 2.57. The Morgan fingerprint density at radius 2 is 2.05 bits per heavy atom. The van der Waals surface area contributed by atoms with Crippen molar-refractivity contribution >= 4 is 41.5 Å². The number of amides is 1. The van der Waals surface area contributed by atoms with Gasteiger partial charge in [-0.15, -0.1) is 24.0 Å². The van der Waals surface area contributed by atoms with Crippen molar-refractivity contribution in [2.24, 2.45) is 10.4 Å². The van der Waals surface area contributed by atoms with E-state index < -0.39 is 5.41 Å². The van der Waals surface area contributed by atoms with E-state index in [1.807, 2.05) is 19.9 Å². The van der Waals surface area contributed by atoms with Crippen LogP contribution in [0.5, 0.6) is 0 Å². The van der Waals surface area contributed by atoms with Crippen LogP contribution in [0.15, 0.2) is 29.3 Å². The number of carbonyl (C=O) groups excluding carboxylic acids is 1. The first-order valence-corrected chi connectivity index (χ1v) is 7.28. The molecule has 1 aromatic carbocycles. The normalized spacial score (nSPS) is 14.2. The largest absolute Gasteiger partial charge is 0.359 e. The highest BCUT2D eigenvalue weighted by atomic mass is 127. The predicted octanol–water partition coefficient (Wildman–Crippen LogP) is 2.01. The van der Waals surface area contributed by atoms with E-state index in [2.05, 4.69) is 38.7 Å². The minimum absolute atomic E-state index is 0. The van der Waals surface area contributed by atoms with Crippen LogP contribution in [0, 0.1) is 5.41 Å². The number of fused-ring (bicyclic) bond motifs is 1. The number of benzene rings is 1. The van der Waals surface area contributed by atoms with Crippen LogP contribution in [0.1, 0.15) is 19.4 Å². The molecule has 1 aliphatic rings. The highest BCUT2D eigenvalue weighted by molar-refractivity contribution is 14.0. The summed E-state index contributed by atoms with van der Waals surface area (Å²) >= 11 is 0. The molecule has 6 heteroatoms. The van der Waals surface area contributed by atoms with E-state index in [0.29, 0.717) is 6.54 Å². The third-order valence-electron chi connectivity index (χ3n) is 3.88. The summed E-state index contributed by atoms with van der Waals surface area (Å²) < 4.78 is 0. The monoisotopic (exact) mass is 416 g/mol. The number of nitrogens with one attached hydrogen (secondary N) is 2. The highest BCUT2D eigenvalue weighted by Gasteiger charge is 2.28. The van der Waals surface area contributed by atoms with Crippen LogP contribution in [-0.2, 0) is 11.2 Å². The van der Waals surface area contributed by atoms with Gasteiger partial charge < -0.3 is 15.5 Å². The first-order chi connectivity index (χ1) is 9.99. The van der Waals surface area contributed by atoms with E-state index >= 15 is 0 Å². The van der Waals surface area contributed by atoms with Gasteiger partial charge in [-0.05, 0) is 31.9 Å². The van der Waals surface area contributed by atoms with Crippen molar-refractivity contribution in [2.75, 3.05) is 32.1 Å². The fourth-order valence-electron chi connectivity index (χ4n) is 2.57. The van der Waals surface area contributed by atoms with Gasteiger partial charge in [-0.3, -0.25) is 9.79 Å². The lowest BCUT2D eigenvalue weighted by molar-refractivity contribution is -0.128. The highest BCUT2D eigenvalue weighted by Crippen LogP contribution is 2.27. The Morgan fingerprint density at radius 1 is 1.36 bits per heavy atom. The Kier molecular flexibility index (Phi) is 6.65. The number of para-hydroxylation sites is 1. The Hall–Kier alpha value is -1.31. The van der Waals surface area contributed by atoms with E-state index in [1.165, 1.54) is 11.3 Å². The van der Waals surface area contributed by atoms with Crippen molar-refractivity contribution in [1.29, 1.82) is 0 Å². The van der Waals surface area contributed by atoms with Gasteiger partial charge in [-0.25, -0.2) is 0 Å². The molecule has 1 aromatic rings. The summed E-state index contributed by atoms with van der Waals surface area (Å²) in [5, 5.41) is 6.02. The zero-order chi connectivity index (χ0) is 15.5. The number of guanidine groups is 1. The maximum absolute atomic E-state index is 11.8. The molecule has 1 heterocycles. The van der Waals surface area contributed by atoms with E-state index in [1.54, 1.807) is 14.1 Å². The average molecular weight is 416 g/mol. The third-order valence-corrected chi connectivity index (χ3v) is 3.88. The molecule has 0 saturated heterocycles. The lowest BCUT2D eigenvalue weighted by Gasteiger charge is -2.27. The van der Waals surface area contributed by atoms with Crippen LogP contribution in [0.2, 0.25) is 0 Å². The summed E-state index contributed by atoms with van der Waals surface area (Å²) in [4.78, 5) is 18.4. The second-order valence-electron chi connectivity index (χ2n) is 5.89. The molecule has 0 atom stereocenters. The SMILES string of the molecule is CN=C(NCC(C)(C)C(=O)NC)N1CCc2ccccc21.I. The third kappa shape index (κ3) is 3.91. The van der Waals surface area contributed by atoms with Gasteiger partial charge in [0, 0.05) is 32.9 Å². The number of halogens is 1. The summed E-state index contributed by atoms with van der Waals surface area (Å²) in [6.07, 6.45) is 1.02. The van der Waals surface area contributed by atoms with Crippen molar-refractivity contribution in [3.63, 3.8) is 0 Å². The molecule has 0 saturated carbocycles. The van der Waals surface area contributed by atoms with E-state index in [0.717, 1.165) is 18.9 Å². The molecule has 22 heavy (non-hydrogen) atoms. The molecular formula is C16H25IN4O. The fraction of sp³-hybridized carbons (Fsp3) is 0.500. The first kappa shape index (κ1) is 18.7. The molecule has 1 amide bonds. The van der Waals surface area contributed by atoms with Gasteiger partial charge in [0.15, 0.2) is 5.96 Å². The van der Waals surface area contributed by atoms with Crippen LogP contribution < -0.4 is 15.5 Å². The molecular weight excluding hydrogens is 391 g/mol. The van der Waals surface area contributed by atoms with E-state index in [9.17, 15) is 4.79 Å². The van der Waals surface area contributed by atoms with E-state index in [4.69, 9.17) is 0 Å². The molecule has 5 nitrogen and oxygen atoms in total. The van der Waals surface area contributed by atoms with Gasteiger partial charge in [0.05, 0.1) is 5.41 Å². The van der Waals surface area contributed by atoms with Crippen molar-refractivity contribution in [2.45, 2.75) is 20.3 Å². The Bertz CT molecular complexity index is 557. The van der Waals surface area contributed by atoms with Crippen LogP contribution >= 0.6 is 24.0 Å². The van der Waals surface area contributed by atoms with Gasteiger partial charge in [-0.2, -0.15) is 0 Å². The number of nitrogens with zero attached hydrogens (tertiary/aromatic N) is 2. The van der Waals surface area contributed by atoms with Crippen molar-refractivity contribution in [3.05, 3.63) is 29.8 Å². The second-order valence-corrected chi connectivity index (χ2v) is 5.89. The number of anilines is 1. The summed E-state index contributed by atoms with van der Waals surface area (Å²) in [6.45, 7) is 5.30. The number of carbonyl (C=O) groups is 1. The molecule has 0 spiro atoms. The first-order valence-electron chi connectivity index (χ1n) is 7.28. The molecule has 122 valence electrons. The number of hydrogen-bond acceptors (Lipinski definition) is 2. The zero-order valence-corrected chi connectivity index (χ0v) is 16.0. The minimum atomic E-state index is -0.482. The Balaban J connectivity index is 0.00000242. The predicted molar refractivity (Wildman–Crippen MR) is 102 cm³/mol. The molecule has 1 aliphatic heterocycles. The average Bonchev–Trinajstić information content (AvgIpc) is 2.91. The van der Waals surface area contributed by atoms with Crippen LogP contribution in [0.3, 0.4) is 0 Å². The molecule has 0 fully saturated rings. The minimum Gasteiger partial charge on any atom is -0.359 e. The Morgan fingerprint density at radius 3 is 2.68 bits per heavy atom. The Labute approximate surface area is 149 Å². The standard InChI is InChI=1S/C16H24N4O.HI/c1-16(2,14(21)17-3)11-19-15(18-4)20-10-9-12-7-5-6-8-13(12)20;/h5-8H,9-11H2,1-4H3,(H,17,21)(H,18,19);1H. The molecule has 2 rings (SSSR count). The lowest BCUT2D eigenvalue weighted by atomic mass is 9.92. The maximum atomic E-state index is 11.8. The summed E-state index contributed by atoms with van der Waals surface area (Å²) in [5.41, 5.74) is 2.05. The van der Waals surface area contributed by atoms with Crippen LogP contribution in [0.25, 0.3) is 0 Å². The molecule has 0 aromatic heterocycles. The summed E-state index contributed by atoms with van der Waals surface area (Å²) in [7, 11) is 3.44. The van der Waals surface area contributed by atoms with Crippen molar-refractivity contribution in [1.82, 2.24) is 10.6 Å². The second kappa shape index (κ2) is 7.80. The molecule has 0 radical (unpaired) electrons. The summed E-state index contributed by atoms with van der Waals surface area (Å²) in [5.74, 6) is 0.837. The number of aliphatic imine (C=N–C) groups is 1. The van der Waals surface area contributed by atoms with E-state index in [-0.39, 0.29) is 29.9 Å². The number of rotatable bonds is 3. The van der Waals surface area contributed by atoms with Gasteiger partial charge in [0.25, 0.3) is 0 Å². The quantitative estimate of drug-likeness (QED) is 0.451. The topological polar surface area (TPSA) is 56.7 Å². The van der Waals surface area contributed by atoms with Crippen molar-refractivity contribution in [3.8, 4) is 0 Å². The van der Waals surface area contributed by atoms with Crippen molar-refractivity contribution < 1.29 is 4.79 Å². The molecule has 0 unspecified atom stereocenters. The molecule has 2 N–H and O–H groups in total. The molecule has 0 aliphatic carbocycles. The summed E-state index contributed by atoms with van der Waals surface area (Å²) in [6, 6.07) is 8.36. The maximum Gasteiger partial charge on any atom is 0.227 e. The zero-order valence-electron chi connectivity index (χ0n) is 13.6. The van der Waals surface area contributed by atoms with Gasteiger partial charge >= 0.3 is 0 Å².